The molecule has 6 heteroatoms. The average Bonchev–Trinajstić information content (AvgIpc) is 2.13. The minimum atomic E-state index is -1.39. The van der Waals surface area contributed by atoms with Gasteiger partial charge in [0.2, 0.25) is 0 Å². The van der Waals surface area contributed by atoms with Crippen LogP contribution in [0, 0.1) is 0 Å². The molecule has 6 nitrogen and oxygen atoms in total. The third-order valence-electron chi connectivity index (χ3n) is 2.43. The summed E-state index contributed by atoms with van der Waals surface area (Å²) in [6.07, 6.45) is -6.19. The molecule has 1 saturated carbocycles. The molecule has 0 aromatic rings. The average molecular weight is 193 g/mol. The van der Waals surface area contributed by atoms with E-state index in [0.29, 0.717) is 0 Å². The molecule has 0 saturated heterocycles. The molecule has 1 rings (SSSR count). The highest BCUT2D eigenvalue weighted by molar-refractivity contribution is 5.01. The quantitative estimate of drug-likeness (QED) is 0.299. The minimum Gasteiger partial charge on any atom is -0.389 e. The number of rotatable bonds is 1. The first kappa shape index (κ1) is 10.8. The second kappa shape index (κ2) is 3.87. The molecule has 0 spiro atoms. The van der Waals surface area contributed by atoms with Crippen molar-refractivity contribution in [2.24, 2.45) is 5.73 Å². The maximum Gasteiger partial charge on any atom is 0.113 e. The van der Waals surface area contributed by atoms with Crippen LogP contribution in [-0.2, 0) is 4.74 Å². The number of ether oxygens (including phenoxy) is 1. The summed E-state index contributed by atoms with van der Waals surface area (Å²) in [5, 5.41) is 37.3. The zero-order valence-corrected chi connectivity index (χ0v) is 7.24. The number of methoxy groups -OCH3 is 1. The number of hydrogen-bond acceptors (Lipinski definition) is 6. The summed E-state index contributed by atoms with van der Waals surface area (Å²) in [4.78, 5) is 0. The smallest absolute Gasteiger partial charge is 0.113 e. The van der Waals surface area contributed by atoms with Crippen LogP contribution in [0.4, 0.5) is 0 Å². The molecule has 13 heavy (non-hydrogen) atoms. The van der Waals surface area contributed by atoms with Gasteiger partial charge in [-0.1, -0.05) is 0 Å². The van der Waals surface area contributed by atoms with Crippen LogP contribution in [0.25, 0.3) is 0 Å². The topological polar surface area (TPSA) is 116 Å². The van der Waals surface area contributed by atoms with Gasteiger partial charge in [0, 0.05) is 7.11 Å². The van der Waals surface area contributed by atoms with E-state index in [1.807, 2.05) is 0 Å². The van der Waals surface area contributed by atoms with Gasteiger partial charge < -0.3 is 30.9 Å². The highest BCUT2D eigenvalue weighted by atomic mass is 16.5. The molecule has 0 heterocycles. The number of hydrogen-bond donors (Lipinski definition) is 5. The van der Waals surface area contributed by atoms with E-state index < -0.39 is 36.6 Å². The van der Waals surface area contributed by atoms with Crippen molar-refractivity contribution in [2.75, 3.05) is 7.11 Å². The van der Waals surface area contributed by atoms with Crippen LogP contribution in [0.2, 0.25) is 0 Å². The molecule has 0 unspecified atom stereocenters. The van der Waals surface area contributed by atoms with Crippen molar-refractivity contribution in [2.45, 2.75) is 36.6 Å². The van der Waals surface area contributed by atoms with Gasteiger partial charge in [0.25, 0.3) is 0 Å². The molecule has 6 atom stereocenters. The zero-order chi connectivity index (χ0) is 10.2. The Balaban J connectivity index is 2.79. The molecule has 78 valence electrons. The van der Waals surface area contributed by atoms with Gasteiger partial charge in [-0.25, -0.2) is 0 Å². The van der Waals surface area contributed by atoms with E-state index in [1.54, 1.807) is 0 Å². The maximum atomic E-state index is 9.41. The fraction of sp³-hybridized carbons (Fsp3) is 1.00. The Labute approximate surface area is 75.6 Å². The summed E-state index contributed by atoms with van der Waals surface area (Å²) in [5.74, 6) is 0. The van der Waals surface area contributed by atoms with E-state index in [9.17, 15) is 20.4 Å². The third kappa shape index (κ3) is 1.69. The van der Waals surface area contributed by atoms with E-state index in [-0.39, 0.29) is 0 Å². The molecule has 0 bridgehead atoms. The normalized spacial score (nSPS) is 52.2. The van der Waals surface area contributed by atoms with Gasteiger partial charge in [-0.05, 0) is 0 Å². The Morgan fingerprint density at radius 2 is 1.46 bits per heavy atom. The van der Waals surface area contributed by atoms with Crippen molar-refractivity contribution in [3.63, 3.8) is 0 Å². The van der Waals surface area contributed by atoms with Gasteiger partial charge in [0.1, 0.15) is 30.5 Å². The van der Waals surface area contributed by atoms with Gasteiger partial charge in [0.05, 0.1) is 6.04 Å². The van der Waals surface area contributed by atoms with Crippen LogP contribution < -0.4 is 5.73 Å². The summed E-state index contributed by atoms with van der Waals surface area (Å²) in [7, 11) is 1.29. The standard InChI is InChI=1S/C7H15NO5/c1-13-7-4(10)2(8)3(9)5(11)6(7)12/h2-7,9-12H,8H2,1H3/t2-,3-,4+,5+,6-,7-/m1/s1. The molecular weight excluding hydrogens is 178 g/mol. The Morgan fingerprint density at radius 1 is 0.923 bits per heavy atom. The van der Waals surface area contributed by atoms with Gasteiger partial charge in [-0.2, -0.15) is 0 Å². The zero-order valence-electron chi connectivity index (χ0n) is 7.24. The highest BCUT2D eigenvalue weighted by Crippen LogP contribution is 2.21. The fourth-order valence-electron chi connectivity index (χ4n) is 1.53. The van der Waals surface area contributed by atoms with Gasteiger partial charge in [0.15, 0.2) is 0 Å². The summed E-state index contributed by atoms with van der Waals surface area (Å²) >= 11 is 0. The van der Waals surface area contributed by atoms with Gasteiger partial charge in [-0.15, -0.1) is 0 Å². The lowest BCUT2D eigenvalue weighted by atomic mass is 9.83. The van der Waals surface area contributed by atoms with Crippen molar-refractivity contribution in [1.82, 2.24) is 0 Å². The summed E-state index contributed by atoms with van der Waals surface area (Å²) in [6.45, 7) is 0. The molecule has 0 amide bonds. The maximum absolute atomic E-state index is 9.41. The predicted molar refractivity (Wildman–Crippen MR) is 42.8 cm³/mol. The van der Waals surface area contributed by atoms with E-state index in [0.717, 1.165) is 0 Å². The second-order valence-electron chi connectivity index (χ2n) is 3.24. The van der Waals surface area contributed by atoms with Gasteiger partial charge in [-0.3, -0.25) is 0 Å². The van der Waals surface area contributed by atoms with E-state index in [2.05, 4.69) is 0 Å². The Morgan fingerprint density at radius 3 is 1.92 bits per heavy atom. The second-order valence-corrected chi connectivity index (χ2v) is 3.24. The highest BCUT2D eigenvalue weighted by Gasteiger charge is 2.47. The molecular formula is C7H15NO5. The van der Waals surface area contributed by atoms with Crippen LogP contribution in [0.15, 0.2) is 0 Å². The molecule has 0 aliphatic heterocycles. The Hall–Kier alpha value is -0.240. The fourth-order valence-corrected chi connectivity index (χ4v) is 1.53. The lowest BCUT2D eigenvalue weighted by Gasteiger charge is -2.41. The summed E-state index contributed by atoms with van der Waals surface area (Å²) < 4.78 is 4.75. The molecule has 0 radical (unpaired) electrons. The molecule has 6 N–H and O–H groups in total. The minimum absolute atomic E-state index is 0.964. The Kier molecular flexibility index (Phi) is 3.23. The van der Waals surface area contributed by atoms with Crippen LogP contribution in [-0.4, -0.2) is 64.1 Å². The van der Waals surface area contributed by atoms with Crippen molar-refractivity contribution >= 4 is 0 Å². The van der Waals surface area contributed by atoms with Crippen LogP contribution in [0.5, 0.6) is 0 Å². The number of aliphatic hydroxyl groups excluding tert-OH is 4. The number of nitrogens with two attached hydrogens (primary N) is 1. The van der Waals surface area contributed by atoms with Crippen molar-refractivity contribution in [3.8, 4) is 0 Å². The van der Waals surface area contributed by atoms with Crippen LogP contribution in [0.3, 0.4) is 0 Å². The molecule has 1 aliphatic carbocycles. The van der Waals surface area contributed by atoms with Crippen molar-refractivity contribution < 1.29 is 25.2 Å². The van der Waals surface area contributed by atoms with Crippen molar-refractivity contribution in [3.05, 3.63) is 0 Å². The van der Waals surface area contributed by atoms with E-state index in [4.69, 9.17) is 10.5 Å². The van der Waals surface area contributed by atoms with Crippen LogP contribution >= 0.6 is 0 Å². The van der Waals surface area contributed by atoms with Crippen molar-refractivity contribution in [1.29, 1.82) is 0 Å². The first-order chi connectivity index (χ1) is 6.00. The first-order valence-corrected chi connectivity index (χ1v) is 4.01. The number of aliphatic hydroxyl groups is 4. The largest absolute Gasteiger partial charge is 0.389 e. The van der Waals surface area contributed by atoms with E-state index in [1.165, 1.54) is 7.11 Å². The lowest BCUT2D eigenvalue weighted by Crippen LogP contribution is -2.66. The van der Waals surface area contributed by atoms with Crippen LogP contribution in [0.1, 0.15) is 0 Å². The predicted octanol–water partition coefficient (Wildman–Crippen LogP) is -3.21. The molecule has 1 aliphatic rings. The SMILES string of the molecule is CO[C@H]1[C@H](O)[C@@H](O)[C@H](O)[C@@H](N)[C@@H]1O. The third-order valence-corrected chi connectivity index (χ3v) is 2.43. The first-order valence-electron chi connectivity index (χ1n) is 4.01. The summed E-state index contributed by atoms with van der Waals surface area (Å²) in [5.41, 5.74) is 5.39. The lowest BCUT2D eigenvalue weighted by molar-refractivity contribution is -0.193. The van der Waals surface area contributed by atoms with Gasteiger partial charge >= 0.3 is 0 Å². The van der Waals surface area contributed by atoms with E-state index >= 15 is 0 Å². The molecule has 1 fully saturated rings. The Bertz CT molecular complexity index is 162. The molecule has 0 aromatic carbocycles. The molecule has 0 aromatic heterocycles. The monoisotopic (exact) mass is 193 g/mol. The summed E-state index contributed by atoms with van der Waals surface area (Å²) in [6, 6.07) is -1.01.